The van der Waals surface area contributed by atoms with Crippen molar-refractivity contribution in [2.24, 2.45) is 5.10 Å². The van der Waals surface area contributed by atoms with E-state index in [2.05, 4.69) is 37.9 Å². The van der Waals surface area contributed by atoms with Gasteiger partial charge in [-0.15, -0.1) is 0 Å². The summed E-state index contributed by atoms with van der Waals surface area (Å²) in [5.74, 6) is -0.664. The van der Waals surface area contributed by atoms with Gasteiger partial charge in [0, 0.05) is 3.57 Å². The van der Waals surface area contributed by atoms with Crippen molar-refractivity contribution in [3.63, 3.8) is 0 Å². The highest BCUT2D eigenvalue weighted by Gasteiger charge is 2.07. The van der Waals surface area contributed by atoms with E-state index in [9.17, 15) is 9.59 Å². The lowest BCUT2D eigenvalue weighted by molar-refractivity contribution is 0.0600. The molecule has 6 heteroatoms. The minimum atomic E-state index is -0.393. The normalized spacial score (nSPS) is 10.5. The molecule has 5 nitrogen and oxygen atoms in total. The Hall–Kier alpha value is -2.22. The summed E-state index contributed by atoms with van der Waals surface area (Å²) < 4.78 is 5.48. The summed E-state index contributed by atoms with van der Waals surface area (Å²) in [6.45, 7) is 0. The average molecular weight is 408 g/mol. The number of nitrogens with zero attached hydrogens (tertiary/aromatic N) is 1. The number of ether oxygens (including phenoxy) is 1. The minimum Gasteiger partial charge on any atom is -0.465 e. The van der Waals surface area contributed by atoms with Gasteiger partial charge in [0.2, 0.25) is 0 Å². The van der Waals surface area contributed by atoms with E-state index >= 15 is 0 Å². The van der Waals surface area contributed by atoms with Crippen LogP contribution in [0, 0.1) is 3.57 Å². The number of methoxy groups -OCH3 is 1. The molecule has 112 valence electrons. The van der Waals surface area contributed by atoms with Gasteiger partial charge >= 0.3 is 5.97 Å². The third-order valence-electron chi connectivity index (χ3n) is 2.83. The van der Waals surface area contributed by atoms with Crippen LogP contribution >= 0.6 is 22.6 Å². The van der Waals surface area contributed by atoms with E-state index in [1.165, 1.54) is 13.3 Å². The number of esters is 1. The number of carbonyl (C=O) groups is 2. The molecule has 0 saturated heterocycles. The SMILES string of the molecule is COC(=O)c1ccc(/C=N/NC(=O)c2ccccc2I)cc1. The lowest BCUT2D eigenvalue weighted by atomic mass is 10.1. The fourth-order valence-electron chi connectivity index (χ4n) is 1.69. The Morgan fingerprint density at radius 1 is 1.14 bits per heavy atom. The first-order valence-corrected chi connectivity index (χ1v) is 7.46. The molecule has 0 saturated carbocycles. The van der Waals surface area contributed by atoms with Gasteiger partial charge in [0.05, 0.1) is 24.5 Å². The van der Waals surface area contributed by atoms with E-state index in [-0.39, 0.29) is 5.91 Å². The lowest BCUT2D eigenvalue weighted by Crippen LogP contribution is -2.18. The average Bonchev–Trinajstić information content (AvgIpc) is 2.55. The van der Waals surface area contributed by atoms with Crippen molar-refractivity contribution in [2.75, 3.05) is 7.11 Å². The molecule has 22 heavy (non-hydrogen) atoms. The van der Waals surface area contributed by atoms with Crippen molar-refractivity contribution >= 4 is 40.7 Å². The molecule has 0 aliphatic rings. The summed E-state index contributed by atoms with van der Waals surface area (Å²) in [6.07, 6.45) is 1.51. The minimum absolute atomic E-state index is 0.271. The van der Waals surface area contributed by atoms with Crippen LogP contribution in [0.1, 0.15) is 26.3 Å². The summed E-state index contributed by atoms with van der Waals surface area (Å²) in [7, 11) is 1.33. The zero-order valence-corrected chi connectivity index (χ0v) is 13.9. The predicted octanol–water partition coefficient (Wildman–Crippen LogP) is 2.84. The van der Waals surface area contributed by atoms with Crippen molar-refractivity contribution < 1.29 is 14.3 Å². The van der Waals surface area contributed by atoms with Gasteiger partial charge in [-0.05, 0) is 52.4 Å². The molecule has 0 bridgehead atoms. The highest BCUT2D eigenvalue weighted by molar-refractivity contribution is 14.1. The Labute approximate surface area is 141 Å². The van der Waals surface area contributed by atoms with Crippen molar-refractivity contribution in [1.29, 1.82) is 0 Å². The molecule has 0 radical (unpaired) electrons. The Kier molecular flexibility index (Phi) is 5.65. The van der Waals surface area contributed by atoms with E-state index in [0.717, 1.165) is 9.13 Å². The third kappa shape index (κ3) is 4.14. The van der Waals surface area contributed by atoms with Gasteiger partial charge in [0.15, 0.2) is 0 Å². The van der Waals surface area contributed by atoms with Gasteiger partial charge in [-0.25, -0.2) is 10.2 Å². The molecule has 1 amide bonds. The van der Waals surface area contributed by atoms with Crippen LogP contribution in [0.3, 0.4) is 0 Å². The topological polar surface area (TPSA) is 67.8 Å². The molecule has 2 aromatic rings. The maximum atomic E-state index is 11.9. The first-order valence-electron chi connectivity index (χ1n) is 6.38. The second-order valence-corrected chi connectivity index (χ2v) is 5.45. The van der Waals surface area contributed by atoms with Gasteiger partial charge in [0.1, 0.15) is 0 Å². The van der Waals surface area contributed by atoms with E-state index < -0.39 is 5.97 Å². The Morgan fingerprint density at radius 3 is 2.45 bits per heavy atom. The molecule has 0 aromatic heterocycles. The summed E-state index contributed by atoms with van der Waals surface area (Å²) in [4.78, 5) is 23.3. The van der Waals surface area contributed by atoms with Crippen LogP contribution in [0.15, 0.2) is 53.6 Å². The molecule has 2 aromatic carbocycles. The van der Waals surface area contributed by atoms with E-state index in [1.54, 1.807) is 36.4 Å². The predicted molar refractivity (Wildman–Crippen MR) is 92.0 cm³/mol. The molecule has 0 fully saturated rings. The quantitative estimate of drug-likeness (QED) is 0.366. The van der Waals surface area contributed by atoms with E-state index in [4.69, 9.17) is 0 Å². The molecule has 0 spiro atoms. The number of nitrogens with one attached hydrogen (secondary N) is 1. The second-order valence-electron chi connectivity index (χ2n) is 4.29. The fourth-order valence-corrected chi connectivity index (χ4v) is 2.33. The van der Waals surface area contributed by atoms with Crippen molar-refractivity contribution in [3.8, 4) is 0 Å². The van der Waals surface area contributed by atoms with Crippen molar-refractivity contribution in [3.05, 3.63) is 68.8 Å². The summed E-state index contributed by atoms with van der Waals surface area (Å²) in [5, 5.41) is 3.91. The number of hydrogen-bond donors (Lipinski definition) is 1. The van der Waals surface area contributed by atoms with Crippen molar-refractivity contribution in [1.82, 2.24) is 5.43 Å². The summed E-state index contributed by atoms with van der Waals surface area (Å²) in [5.41, 5.74) is 4.26. The molecule has 0 aliphatic carbocycles. The van der Waals surface area contributed by atoms with Crippen LogP contribution in [0.4, 0.5) is 0 Å². The standard InChI is InChI=1S/C16H13IN2O3/c1-22-16(21)12-8-6-11(7-9-12)10-18-19-15(20)13-4-2-3-5-14(13)17/h2-10H,1H3,(H,19,20)/b18-10+. The van der Waals surface area contributed by atoms with Crippen LogP contribution in [-0.2, 0) is 4.74 Å². The van der Waals surface area contributed by atoms with Gasteiger partial charge in [-0.1, -0.05) is 24.3 Å². The Bertz CT molecular complexity index is 712. The zero-order valence-electron chi connectivity index (χ0n) is 11.7. The largest absolute Gasteiger partial charge is 0.465 e. The first kappa shape index (κ1) is 16.2. The van der Waals surface area contributed by atoms with Gasteiger partial charge in [-0.3, -0.25) is 4.79 Å². The summed E-state index contributed by atoms with van der Waals surface area (Å²) in [6, 6.07) is 14.0. The van der Waals surface area contributed by atoms with Gasteiger partial charge in [0.25, 0.3) is 5.91 Å². The fraction of sp³-hybridized carbons (Fsp3) is 0.0625. The number of halogens is 1. The van der Waals surface area contributed by atoms with Crippen LogP contribution < -0.4 is 5.43 Å². The van der Waals surface area contributed by atoms with E-state index in [1.807, 2.05) is 12.1 Å². The van der Waals surface area contributed by atoms with Gasteiger partial charge in [-0.2, -0.15) is 5.10 Å². The highest BCUT2D eigenvalue weighted by Crippen LogP contribution is 2.11. The molecule has 0 heterocycles. The number of carbonyl (C=O) groups excluding carboxylic acids is 2. The van der Waals surface area contributed by atoms with Gasteiger partial charge < -0.3 is 4.74 Å². The second kappa shape index (κ2) is 7.69. The first-order chi connectivity index (χ1) is 10.6. The van der Waals surface area contributed by atoms with Crippen LogP contribution in [0.5, 0.6) is 0 Å². The number of amides is 1. The monoisotopic (exact) mass is 408 g/mol. The zero-order chi connectivity index (χ0) is 15.9. The number of rotatable bonds is 4. The Balaban J connectivity index is 1.99. The number of hydrazone groups is 1. The maximum Gasteiger partial charge on any atom is 0.337 e. The number of hydrogen-bond acceptors (Lipinski definition) is 4. The molecule has 0 unspecified atom stereocenters. The molecule has 0 aliphatic heterocycles. The van der Waals surface area contributed by atoms with Crippen molar-refractivity contribution in [2.45, 2.75) is 0 Å². The molecule has 1 N–H and O–H groups in total. The third-order valence-corrected chi connectivity index (χ3v) is 3.77. The van der Waals surface area contributed by atoms with Crippen LogP contribution in [-0.4, -0.2) is 25.2 Å². The van der Waals surface area contributed by atoms with Crippen LogP contribution in [0.25, 0.3) is 0 Å². The maximum absolute atomic E-state index is 11.9. The molecular formula is C16H13IN2O3. The van der Waals surface area contributed by atoms with E-state index in [0.29, 0.717) is 11.1 Å². The molecule has 2 rings (SSSR count). The highest BCUT2D eigenvalue weighted by atomic mass is 127. The van der Waals surface area contributed by atoms with Crippen LogP contribution in [0.2, 0.25) is 0 Å². The summed E-state index contributed by atoms with van der Waals surface area (Å²) >= 11 is 2.10. The smallest absolute Gasteiger partial charge is 0.337 e. The Morgan fingerprint density at radius 2 is 1.82 bits per heavy atom. The lowest BCUT2D eigenvalue weighted by Gasteiger charge is -2.02. The molecule has 0 atom stereocenters. The molecular weight excluding hydrogens is 395 g/mol. The number of benzene rings is 2.